The van der Waals surface area contributed by atoms with Crippen LogP contribution in [0.15, 0.2) is 77.7 Å². The van der Waals surface area contributed by atoms with Crippen molar-refractivity contribution in [1.82, 2.24) is 0 Å². The third kappa shape index (κ3) is 5.83. The lowest BCUT2D eigenvalue weighted by Crippen LogP contribution is -2.16. The summed E-state index contributed by atoms with van der Waals surface area (Å²) in [5.41, 5.74) is 1.57. The molecule has 2 N–H and O–H groups in total. The number of anilines is 2. The molecule has 2 amide bonds. The average Bonchev–Trinajstić information content (AvgIpc) is 2.74. The first kappa shape index (κ1) is 20.4. The number of hydrogen-bond donors (Lipinski definition) is 2. The van der Waals surface area contributed by atoms with Gasteiger partial charge < -0.3 is 15.4 Å². The lowest BCUT2D eigenvalue weighted by atomic mass is 10.2. The summed E-state index contributed by atoms with van der Waals surface area (Å²) < 4.78 is 18.2. The van der Waals surface area contributed by atoms with Crippen molar-refractivity contribution in [1.29, 1.82) is 0 Å². The predicted molar refractivity (Wildman–Crippen MR) is 113 cm³/mol. The molecule has 0 spiro atoms. The molecule has 0 aromatic heterocycles. The van der Waals surface area contributed by atoms with E-state index in [-0.39, 0.29) is 23.4 Å². The maximum atomic E-state index is 13.0. The van der Waals surface area contributed by atoms with Gasteiger partial charge in [-0.25, -0.2) is 4.39 Å². The van der Waals surface area contributed by atoms with Crippen molar-refractivity contribution in [3.8, 4) is 5.75 Å². The second kappa shape index (κ2) is 9.75. The maximum absolute atomic E-state index is 13.0. The minimum atomic E-state index is -0.374. The number of carbonyl (C=O) groups is 2. The zero-order valence-electron chi connectivity index (χ0n) is 15.6. The lowest BCUT2D eigenvalue weighted by Gasteiger charge is -2.10. The number of ether oxygens (including phenoxy) is 1. The smallest absolute Gasteiger partial charge is 0.256 e. The fourth-order valence-corrected chi connectivity index (χ4v) is 3.40. The predicted octanol–water partition coefficient (Wildman–Crippen LogP) is 4.82. The number of hydrogen-bond acceptors (Lipinski definition) is 4. The molecule has 0 atom stereocenters. The molecule has 0 saturated carbocycles. The first-order chi connectivity index (χ1) is 14.0. The van der Waals surface area contributed by atoms with Gasteiger partial charge in [0.1, 0.15) is 11.6 Å². The molecule has 148 valence electrons. The standard InChI is InChI=1S/C22H19FN2O3S/c1-28-18-6-4-5-17(13-18)24-21(26)14-29-20-8-3-2-7-19(20)22(27)25-16-11-9-15(23)10-12-16/h2-13H,14H2,1H3,(H,24,26)(H,25,27). The molecule has 0 aliphatic carbocycles. The molecule has 0 aliphatic heterocycles. The largest absolute Gasteiger partial charge is 0.497 e. The Morgan fingerprint density at radius 1 is 0.931 bits per heavy atom. The summed E-state index contributed by atoms with van der Waals surface area (Å²) in [5, 5.41) is 5.54. The van der Waals surface area contributed by atoms with E-state index >= 15 is 0 Å². The first-order valence-corrected chi connectivity index (χ1v) is 9.76. The highest BCUT2D eigenvalue weighted by Crippen LogP contribution is 2.24. The van der Waals surface area contributed by atoms with E-state index in [1.165, 1.54) is 36.0 Å². The number of rotatable bonds is 7. The minimum absolute atomic E-state index is 0.137. The molecule has 0 bridgehead atoms. The molecule has 0 unspecified atom stereocenters. The molecule has 0 fully saturated rings. The molecule has 7 heteroatoms. The molecular weight excluding hydrogens is 391 g/mol. The van der Waals surface area contributed by atoms with Crippen molar-refractivity contribution in [2.24, 2.45) is 0 Å². The Balaban J connectivity index is 1.63. The molecule has 29 heavy (non-hydrogen) atoms. The fraction of sp³-hybridized carbons (Fsp3) is 0.0909. The second-order valence-corrected chi connectivity index (χ2v) is 7.04. The molecule has 3 rings (SSSR count). The van der Waals surface area contributed by atoms with E-state index in [0.717, 1.165) is 0 Å². The van der Waals surface area contributed by atoms with Crippen LogP contribution >= 0.6 is 11.8 Å². The monoisotopic (exact) mass is 410 g/mol. The van der Waals surface area contributed by atoms with Gasteiger partial charge in [0.25, 0.3) is 5.91 Å². The number of benzene rings is 3. The Morgan fingerprint density at radius 3 is 2.45 bits per heavy atom. The van der Waals surface area contributed by atoms with Crippen LogP contribution in [0.5, 0.6) is 5.75 Å². The van der Waals surface area contributed by atoms with Gasteiger partial charge in [-0.2, -0.15) is 0 Å². The Kier molecular flexibility index (Phi) is 6.86. The summed E-state index contributed by atoms with van der Waals surface area (Å²) in [4.78, 5) is 25.5. The maximum Gasteiger partial charge on any atom is 0.256 e. The Hall–Kier alpha value is -3.32. The summed E-state index contributed by atoms with van der Waals surface area (Å²) in [7, 11) is 1.56. The normalized spacial score (nSPS) is 10.3. The first-order valence-electron chi connectivity index (χ1n) is 8.78. The summed E-state index contributed by atoms with van der Waals surface area (Å²) in [6.45, 7) is 0. The molecular formula is C22H19FN2O3S. The van der Waals surface area contributed by atoms with Crippen LogP contribution in [0.1, 0.15) is 10.4 Å². The highest BCUT2D eigenvalue weighted by molar-refractivity contribution is 8.00. The van der Waals surface area contributed by atoms with Gasteiger partial charge in [-0.3, -0.25) is 9.59 Å². The van der Waals surface area contributed by atoms with Crippen LogP contribution in [0.4, 0.5) is 15.8 Å². The summed E-state index contributed by atoms with van der Waals surface area (Å²) in [6.07, 6.45) is 0. The Labute approximate surface area is 172 Å². The van der Waals surface area contributed by atoms with E-state index < -0.39 is 0 Å². The van der Waals surface area contributed by atoms with E-state index in [2.05, 4.69) is 10.6 Å². The molecule has 0 heterocycles. The van der Waals surface area contributed by atoms with Gasteiger partial charge in [0, 0.05) is 22.3 Å². The molecule has 5 nitrogen and oxygen atoms in total. The summed E-state index contributed by atoms with van der Waals surface area (Å²) in [5.74, 6) is -0.109. The third-order valence-corrected chi connectivity index (χ3v) is 5.02. The molecule has 3 aromatic carbocycles. The molecule has 3 aromatic rings. The van der Waals surface area contributed by atoms with Crippen LogP contribution in [-0.4, -0.2) is 24.7 Å². The van der Waals surface area contributed by atoms with Gasteiger partial charge in [-0.05, 0) is 48.5 Å². The third-order valence-electron chi connectivity index (χ3n) is 3.95. The highest BCUT2D eigenvalue weighted by Gasteiger charge is 2.13. The number of nitrogens with one attached hydrogen (secondary N) is 2. The van der Waals surface area contributed by atoms with Crippen LogP contribution in [0.2, 0.25) is 0 Å². The summed E-state index contributed by atoms with van der Waals surface area (Å²) >= 11 is 1.26. The van der Waals surface area contributed by atoms with E-state index in [9.17, 15) is 14.0 Å². The number of methoxy groups -OCH3 is 1. The van der Waals surface area contributed by atoms with Gasteiger partial charge >= 0.3 is 0 Å². The lowest BCUT2D eigenvalue weighted by molar-refractivity contribution is -0.113. The second-order valence-electron chi connectivity index (χ2n) is 6.03. The number of carbonyl (C=O) groups excluding carboxylic acids is 2. The zero-order valence-corrected chi connectivity index (χ0v) is 16.5. The van der Waals surface area contributed by atoms with Crippen LogP contribution in [0, 0.1) is 5.82 Å². The van der Waals surface area contributed by atoms with Gasteiger partial charge in [-0.1, -0.05) is 18.2 Å². The average molecular weight is 410 g/mol. The van der Waals surface area contributed by atoms with Gasteiger partial charge in [0.05, 0.1) is 18.4 Å². The van der Waals surface area contributed by atoms with Crippen molar-refractivity contribution < 1.29 is 18.7 Å². The van der Waals surface area contributed by atoms with Crippen molar-refractivity contribution in [2.75, 3.05) is 23.5 Å². The van der Waals surface area contributed by atoms with Crippen LogP contribution < -0.4 is 15.4 Å². The number of halogens is 1. The van der Waals surface area contributed by atoms with Crippen molar-refractivity contribution in [3.05, 3.63) is 84.2 Å². The van der Waals surface area contributed by atoms with E-state index in [1.807, 2.05) is 0 Å². The van der Waals surface area contributed by atoms with Crippen LogP contribution in [0.3, 0.4) is 0 Å². The van der Waals surface area contributed by atoms with E-state index in [1.54, 1.807) is 55.6 Å². The Bertz CT molecular complexity index is 1010. The van der Waals surface area contributed by atoms with Crippen LogP contribution in [0.25, 0.3) is 0 Å². The Morgan fingerprint density at radius 2 is 1.69 bits per heavy atom. The van der Waals surface area contributed by atoms with Gasteiger partial charge in [0.2, 0.25) is 5.91 Å². The number of amides is 2. The zero-order chi connectivity index (χ0) is 20.6. The van der Waals surface area contributed by atoms with Gasteiger partial charge in [0.15, 0.2) is 0 Å². The van der Waals surface area contributed by atoms with E-state index in [0.29, 0.717) is 27.6 Å². The highest BCUT2D eigenvalue weighted by atomic mass is 32.2. The topological polar surface area (TPSA) is 67.4 Å². The van der Waals surface area contributed by atoms with Crippen molar-refractivity contribution in [2.45, 2.75) is 4.90 Å². The fourth-order valence-electron chi connectivity index (χ4n) is 2.55. The van der Waals surface area contributed by atoms with Crippen LogP contribution in [-0.2, 0) is 4.79 Å². The van der Waals surface area contributed by atoms with E-state index in [4.69, 9.17) is 4.74 Å². The molecule has 0 radical (unpaired) electrons. The van der Waals surface area contributed by atoms with Crippen molar-refractivity contribution in [3.63, 3.8) is 0 Å². The van der Waals surface area contributed by atoms with Crippen molar-refractivity contribution >= 4 is 35.0 Å². The number of thioether (sulfide) groups is 1. The quantitative estimate of drug-likeness (QED) is 0.548. The molecule has 0 saturated heterocycles. The van der Waals surface area contributed by atoms with Gasteiger partial charge in [-0.15, -0.1) is 11.8 Å². The molecule has 0 aliphatic rings. The SMILES string of the molecule is COc1cccc(NC(=O)CSc2ccccc2C(=O)Nc2ccc(F)cc2)c1. The minimum Gasteiger partial charge on any atom is -0.497 e. The summed E-state index contributed by atoms with van der Waals surface area (Å²) in [6, 6.07) is 19.6.